The molecule has 0 aliphatic carbocycles. The highest BCUT2D eigenvalue weighted by atomic mass is 32.2. The Hall–Kier alpha value is -2.80. The first kappa shape index (κ1) is 22.9. The minimum Gasteiger partial charge on any atom is -0.493 e. The topological polar surface area (TPSA) is 72.9 Å². The predicted octanol–water partition coefficient (Wildman–Crippen LogP) is 5.40. The first-order valence-electron chi connectivity index (χ1n) is 10.6. The molecule has 0 bridgehead atoms. The van der Waals surface area contributed by atoms with Gasteiger partial charge in [0.25, 0.3) is 11.1 Å². The van der Waals surface area contributed by atoms with E-state index in [4.69, 9.17) is 9.47 Å². The van der Waals surface area contributed by atoms with Crippen LogP contribution in [0.4, 0.5) is 4.79 Å². The van der Waals surface area contributed by atoms with Gasteiger partial charge < -0.3 is 9.47 Å². The lowest BCUT2D eigenvalue weighted by atomic mass is 10.0. The van der Waals surface area contributed by atoms with Crippen LogP contribution in [0.1, 0.15) is 45.1 Å². The number of hydrogen-bond donors (Lipinski definition) is 0. The zero-order valence-electron chi connectivity index (χ0n) is 17.9. The van der Waals surface area contributed by atoms with E-state index in [-0.39, 0.29) is 18.1 Å². The molecular formula is C24H27NO5S. The molecule has 0 radical (unpaired) electrons. The van der Waals surface area contributed by atoms with Crippen LogP contribution in [-0.2, 0) is 14.3 Å². The van der Waals surface area contributed by atoms with Crippen molar-refractivity contribution in [2.45, 2.75) is 39.5 Å². The predicted molar refractivity (Wildman–Crippen MR) is 123 cm³/mol. The van der Waals surface area contributed by atoms with Crippen molar-refractivity contribution in [2.24, 2.45) is 0 Å². The second-order valence-corrected chi connectivity index (χ2v) is 8.24. The summed E-state index contributed by atoms with van der Waals surface area (Å²) in [7, 11) is 0. The number of carbonyl (C=O) groups is 3. The number of amides is 2. The summed E-state index contributed by atoms with van der Waals surface area (Å²) in [5.41, 5.74) is 0.755. The van der Waals surface area contributed by atoms with Gasteiger partial charge in [-0.3, -0.25) is 19.3 Å². The molecule has 0 N–H and O–H groups in total. The van der Waals surface area contributed by atoms with Crippen molar-refractivity contribution in [3.63, 3.8) is 0 Å². The van der Waals surface area contributed by atoms with Gasteiger partial charge >= 0.3 is 5.97 Å². The molecule has 2 amide bonds. The molecule has 0 atom stereocenters. The third kappa shape index (κ3) is 5.67. The number of unbranched alkanes of at least 4 members (excludes halogenated alkanes) is 2. The standard InChI is InChI=1S/C24H27NO5S/c1-3-5-13-29-20-12-11-17-9-7-8-10-18(17)19(20)15-21-23(27)25(24(28)31-21)16-22(26)30-14-6-4-2/h7-12,15H,3-6,13-14,16H2,1-2H3/b21-15-. The molecule has 0 unspecified atom stereocenters. The van der Waals surface area contributed by atoms with Crippen LogP contribution in [0.15, 0.2) is 41.3 Å². The van der Waals surface area contributed by atoms with Gasteiger partial charge in [0, 0.05) is 5.56 Å². The van der Waals surface area contributed by atoms with Crippen molar-refractivity contribution in [3.05, 3.63) is 46.9 Å². The summed E-state index contributed by atoms with van der Waals surface area (Å²) < 4.78 is 11.1. The van der Waals surface area contributed by atoms with E-state index >= 15 is 0 Å². The summed E-state index contributed by atoms with van der Waals surface area (Å²) in [5.74, 6) is -0.404. The quantitative estimate of drug-likeness (QED) is 0.279. The Labute approximate surface area is 186 Å². The van der Waals surface area contributed by atoms with Crippen molar-refractivity contribution in [1.29, 1.82) is 0 Å². The van der Waals surface area contributed by atoms with Crippen LogP contribution in [0.2, 0.25) is 0 Å². The van der Waals surface area contributed by atoms with Crippen LogP contribution in [0.5, 0.6) is 5.75 Å². The van der Waals surface area contributed by atoms with E-state index in [1.165, 1.54) is 0 Å². The Kier molecular flexibility index (Phi) is 8.12. The van der Waals surface area contributed by atoms with Gasteiger partial charge in [-0.1, -0.05) is 57.0 Å². The molecule has 164 valence electrons. The van der Waals surface area contributed by atoms with Crippen LogP contribution in [0.25, 0.3) is 16.8 Å². The van der Waals surface area contributed by atoms with Crippen LogP contribution in [0, 0.1) is 0 Å². The number of carbonyl (C=O) groups excluding carboxylic acids is 3. The highest BCUT2D eigenvalue weighted by Gasteiger charge is 2.37. The van der Waals surface area contributed by atoms with E-state index in [0.29, 0.717) is 12.4 Å². The Morgan fingerprint density at radius 3 is 2.55 bits per heavy atom. The number of imide groups is 1. The van der Waals surface area contributed by atoms with Crippen LogP contribution < -0.4 is 4.74 Å². The first-order chi connectivity index (χ1) is 15.0. The maximum Gasteiger partial charge on any atom is 0.326 e. The largest absolute Gasteiger partial charge is 0.493 e. The lowest BCUT2D eigenvalue weighted by Crippen LogP contribution is -2.34. The summed E-state index contributed by atoms with van der Waals surface area (Å²) in [6, 6.07) is 11.7. The lowest BCUT2D eigenvalue weighted by molar-refractivity contribution is -0.146. The highest BCUT2D eigenvalue weighted by Crippen LogP contribution is 2.36. The molecule has 0 saturated carbocycles. The molecule has 1 aliphatic rings. The number of thioether (sulfide) groups is 1. The Balaban J connectivity index is 1.86. The number of benzene rings is 2. The van der Waals surface area contributed by atoms with Crippen LogP contribution in [-0.4, -0.2) is 41.8 Å². The molecular weight excluding hydrogens is 414 g/mol. The van der Waals surface area contributed by atoms with E-state index in [1.807, 2.05) is 43.3 Å². The fourth-order valence-electron chi connectivity index (χ4n) is 3.15. The van der Waals surface area contributed by atoms with E-state index in [1.54, 1.807) is 6.08 Å². The van der Waals surface area contributed by atoms with Crippen molar-refractivity contribution < 1.29 is 23.9 Å². The highest BCUT2D eigenvalue weighted by molar-refractivity contribution is 8.18. The fraction of sp³-hybridized carbons (Fsp3) is 0.375. The summed E-state index contributed by atoms with van der Waals surface area (Å²) in [6.07, 6.45) is 5.26. The summed E-state index contributed by atoms with van der Waals surface area (Å²) in [5, 5.41) is 1.47. The average molecular weight is 442 g/mol. The van der Waals surface area contributed by atoms with Crippen molar-refractivity contribution in [1.82, 2.24) is 4.90 Å². The lowest BCUT2D eigenvalue weighted by Gasteiger charge is -2.13. The number of rotatable bonds is 10. The second kappa shape index (κ2) is 11.0. The van der Waals surface area contributed by atoms with Crippen molar-refractivity contribution in [2.75, 3.05) is 19.8 Å². The monoisotopic (exact) mass is 441 g/mol. The molecule has 31 heavy (non-hydrogen) atoms. The second-order valence-electron chi connectivity index (χ2n) is 7.24. The van der Waals surface area contributed by atoms with Gasteiger partial charge in [0.15, 0.2) is 0 Å². The molecule has 1 fully saturated rings. The normalized spacial score (nSPS) is 15.2. The molecule has 2 aromatic carbocycles. The Morgan fingerprint density at radius 2 is 1.77 bits per heavy atom. The maximum atomic E-state index is 12.9. The number of ether oxygens (including phenoxy) is 2. The Bertz CT molecular complexity index is 1000. The number of hydrogen-bond acceptors (Lipinski definition) is 6. The van der Waals surface area contributed by atoms with Crippen molar-refractivity contribution in [3.8, 4) is 5.75 Å². The van der Waals surface area contributed by atoms with Crippen LogP contribution in [0.3, 0.4) is 0 Å². The molecule has 0 spiro atoms. The van der Waals surface area contributed by atoms with E-state index < -0.39 is 17.1 Å². The van der Waals surface area contributed by atoms with Crippen molar-refractivity contribution >= 4 is 45.7 Å². The SMILES string of the molecule is CCCCOC(=O)CN1C(=O)S/C(=C\c2c(OCCCC)ccc3ccccc23)C1=O. The van der Waals surface area contributed by atoms with Gasteiger partial charge in [0.1, 0.15) is 12.3 Å². The minimum atomic E-state index is -0.578. The minimum absolute atomic E-state index is 0.267. The number of esters is 1. The van der Waals surface area contributed by atoms with E-state index in [0.717, 1.165) is 58.7 Å². The molecule has 6 nitrogen and oxygen atoms in total. The number of nitrogens with zero attached hydrogens (tertiary/aromatic N) is 1. The zero-order valence-corrected chi connectivity index (χ0v) is 18.7. The summed E-state index contributed by atoms with van der Waals surface area (Å²) >= 11 is 0.828. The number of fused-ring (bicyclic) bond motifs is 1. The molecule has 1 heterocycles. The van der Waals surface area contributed by atoms with Gasteiger partial charge in [-0.05, 0) is 47.5 Å². The third-order valence-electron chi connectivity index (χ3n) is 4.88. The first-order valence-corrected chi connectivity index (χ1v) is 11.4. The zero-order chi connectivity index (χ0) is 22.2. The molecule has 3 rings (SSSR count). The smallest absolute Gasteiger partial charge is 0.326 e. The molecule has 1 aliphatic heterocycles. The maximum absolute atomic E-state index is 12.9. The third-order valence-corrected chi connectivity index (χ3v) is 5.79. The fourth-order valence-corrected chi connectivity index (χ4v) is 3.97. The van der Waals surface area contributed by atoms with Gasteiger partial charge in [-0.15, -0.1) is 0 Å². The van der Waals surface area contributed by atoms with E-state index in [2.05, 4.69) is 6.92 Å². The van der Waals surface area contributed by atoms with Crippen LogP contribution >= 0.6 is 11.8 Å². The van der Waals surface area contributed by atoms with Gasteiger partial charge in [-0.25, -0.2) is 0 Å². The van der Waals surface area contributed by atoms with E-state index in [9.17, 15) is 14.4 Å². The van der Waals surface area contributed by atoms with Gasteiger partial charge in [0.2, 0.25) is 0 Å². The summed E-state index contributed by atoms with van der Waals surface area (Å²) in [6.45, 7) is 4.56. The summed E-state index contributed by atoms with van der Waals surface area (Å²) in [4.78, 5) is 38.5. The molecule has 0 aromatic heterocycles. The van der Waals surface area contributed by atoms with Gasteiger partial charge in [0.05, 0.1) is 18.1 Å². The molecule has 2 aromatic rings. The van der Waals surface area contributed by atoms with Gasteiger partial charge in [-0.2, -0.15) is 0 Å². The Morgan fingerprint density at radius 1 is 1.03 bits per heavy atom. The molecule has 7 heteroatoms. The molecule has 1 saturated heterocycles. The average Bonchev–Trinajstić information content (AvgIpc) is 3.02.